The fourth-order valence-electron chi connectivity index (χ4n) is 4.20. The molecule has 1 amide bonds. The highest BCUT2D eigenvalue weighted by Gasteiger charge is 2.17. The number of likely N-dealkylation sites (N-methyl/N-ethyl adjacent to an activating group) is 1. The van der Waals surface area contributed by atoms with E-state index in [9.17, 15) is 4.79 Å². The third kappa shape index (κ3) is 5.09. The summed E-state index contributed by atoms with van der Waals surface area (Å²) >= 11 is 3.05. The summed E-state index contributed by atoms with van der Waals surface area (Å²) in [6.45, 7) is 7.59. The fraction of sp³-hybridized carbons (Fsp3) is 0.269. The first-order chi connectivity index (χ1) is 16.7. The van der Waals surface area contributed by atoms with Gasteiger partial charge in [0.1, 0.15) is 16.2 Å². The normalized spacial score (nSPS) is 14.4. The van der Waals surface area contributed by atoms with Gasteiger partial charge in [0.2, 0.25) is 5.91 Å². The minimum Gasteiger partial charge on any atom is -0.369 e. The second kappa shape index (κ2) is 10.5. The maximum Gasteiger partial charge on any atom is 0.234 e. The number of amides is 1. The molecule has 0 aliphatic carbocycles. The minimum absolute atomic E-state index is 0.0439. The first-order valence-corrected chi connectivity index (χ1v) is 13.4. The van der Waals surface area contributed by atoms with Crippen LogP contribution in [0.1, 0.15) is 6.92 Å². The number of nitrogens with one attached hydrogen (secondary N) is 1. The monoisotopic (exact) mass is 489 g/mol. The van der Waals surface area contributed by atoms with Crippen molar-refractivity contribution in [3.05, 3.63) is 66.3 Å². The van der Waals surface area contributed by atoms with Crippen molar-refractivity contribution in [1.82, 2.24) is 14.9 Å². The van der Waals surface area contributed by atoms with Crippen molar-refractivity contribution in [3.8, 4) is 11.1 Å². The van der Waals surface area contributed by atoms with E-state index in [2.05, 4.69) is 61.7 Å². The number of rotatable bonds is 7. The lowest BCUT2D eigenvalue weighted by atomic mass is 10.1. The molecule has 8 heteroatoms. The Morgan fingerprint density at radius 1 is 1.03 bits per heavy atom. The first kappa shape index (κ1) is 22.8. The number of fused-ring (bicyclic) bond motifs is 1. The van der Waals surface area contributed by atoms with Gasteiger partial charge in [-0.25, -0.2) is 9.97 Å². The highest BCUT2D eigenvalue weighted by atomic mass is 32.2. The van der Waals surface area contributed by atoms with Crippen LogP contribution in [0.5, 0.6) is 0 Å². The largest absolute Gasteiger partial charge is 0.369 e. The van der Waals surface area contributed by atoms with E-state index < -0.39 is 0 Å². The van der Waals surface area contributed by atoms with Gasteiger partial charge in [-0.3, -0.25) is 4.79 Å². The second-order valence-corrected chi connectivity index (χ2v) is 10.0. The van der Waals surface area contributed by atoms with Crippen LogP contribution in [0.4, 0.5) is 11.4 Å². The van der Waals surface area contributed by atoms with Gasteiger partial charge in [-0.2, -0.15) is 0 Å². The maximum absolute atomic E-state index is 12.7. The molecule has 6 nitrogen and oxygen atoms in total. The predicted molar refractivity (Wildman–Crippen MR) is 143 cm³/mol. The van der Waals surface area contributed by atoms with Crippen molar-refractivity contribution in [2.45, 2.75) is 11.9 Å². The van der Waals surface area contributed by atoms with Crippen molar-refractivity contribution in [2.24, 2.45) is 0 Å². The average Bonchev–Trinajstić information content (AvgIpc) is 3.33. The Kier molecular flexibility index (Phi) is 7.08. The molecular weight excluding hydrogens is 462 g/mol. The molecule has 0 atom stereocenters. The van der Waals surface area contributed by atoms with E-state index in [1.165, 1.54) is 17.4 Å². The standard InChI is InChI=1S/C26H27N5OS2/c1-2-30-12-14-31(15-13-30)21-10-8-20(9-11-21)29-23(32)17-34-26-24-22(19-6-4-3-5-7-19)16-33-25(24)27-18-28-26/h3-11,16,18H,2,12-15,17H2,1H3,(H,29,32). The van der Waals surface area contributed by atoms with Gasteiger partial charge in [0, 0.05) is 48.5 Å². The van der Waals surface area contributed by atoms with Crippen LogP contribution >= 0.6 is 23.1 Å². The Morgan fingerprint density at radius 2 is 1.79 bits per heavy atom. The number of nitrogens with zero attached hydrogens (tertiary/aromatic N) is 4. The third-order valence-corrected chi connectivity index (χ3v) is 7.97. The number of hydrogen-bond acceptors (Lipinski definition) is 7. The van der Waals surface area contributed by atoms with E-state index in [4.69, 9.17) is 0 Å². The number of piperazine rings is 1. The van der Waals surface area contributed by atoms with Gasteiger partial charge in [0.15, 0.2) is 0 Å². The number of thioether (sulfide) groups is 1. The summed E-state index contributed by atoms with van der Waals surface area (Å²) in [7, 11) is 0. The first-order valence-electron chi connectivity index (χ1n) is 11.5. The zero-order valence-electron chi connectivity index (χ0n) is 19.1. The van der Waals surface area contributed by atoms with Crippen molar-refractivity contribution in [1.29, 1.82) is 0 Å². The van der Waals surface area contributed by atoms with Crippen molar-refractivity contribution in [3.63, 3.8) is 0 Å². The van der Waals surface area contributed by atoms with Gasteiger partial charge in [-0.05, 0) is 36.4 Å². The molecule has 0 saturated carbocycles. The van der Waals surface area contributed by atoms with Gasteiger partial charge < -0.3 is 15.1 Å². The molecule has 4 aromatic rings. The van der Waals surface area contributed by atoms with E-state index in [1.54, 1.807) is 17.7 Å². The quantitative estimate of drug-likeness (QED) is 0.283. The Morgan fingerprint density at radius 3 is 2.53 bits per heavy atom. The topological polar surface area (TPSA) is 61.4 Å². The molecule has 1 fully saturated rings. The highest BCUT2D eigenvalue weighted by Crippen LogP contribution is 2.37. The van der Waals surface area contributed by atoms with Gasteiger partial charge in [0.25, 0.3) is 0 Å². The summed E-state index contributed by atoms with van der Waals surface area (Å²) in [5, 5.41) is 6.99. The number of hydrogen-bond donors (Lipinski definition) is 1. The third-order valence-electron chi connectivity index (χ3n) is 6.10. The molecule has 34 heavy (non-hydrogen) atoms. The van der Waals surface area contributed by atoms with Gasteiger partial charge in [0.05, 0.1) is 11.1 Å². The molecule has 3 heterocycles. The summed E-state index contributed by atoms with van der Waals surface area (Å²) in [6, 6.07) is 18.4. The summed E-state index contributed by atoms with van der Waals surface area (Å²) in [5.41, 5.74) is 4.26. The molecular formula is C26H27N5OS2. The maximum atomic E-state index is 12.7. The molecule has 1 aliphatic heterocycles. The molecule has 1 aliphatic rings. The van der Waals surface area contributed by atoms with E-state index >= 15 is 0 Å². The Labute approximate surface area is 208 Å². The molecule has 0 radical (unpaired) electrons. The lowest BCUT2D eigenvalue weighted by Gasteiger charge is -2.35. The van der Waals surface area contributed by atoms with Crippen LogP contribution in [0.2, 0.25) is 0 Å². The van der Waals surface area contributed by atoms with Crippen molar-refractivity contribution in [2.75, 3.05) is 48.7 Å². The fourth-order valence-corrected chi connectivity index (χ4v) is 5.99. The van der Waals surface area contributed by atoms with Crippen molar-refractivity contribution < 1.29 is 4.79 Å². The molecule has 5 rings (SSSR count). The van der Waals surface area contributed by atoms with E-state index in [0.717, 1.165) is 64.8 Å². The molecule has 0 bridgehead atoms. The Balaban J connectivity index is 1.22. The molecule has 2 aromatic carbocycles. The van der Waals surface area contributed by atoms with Crippen LogP contribution in [0.3, 0.4) is 0 Å². The minimum atomic E-state index is -0.0439. The van der Waals surface area contributed by atoms with E-state index in [1.807, 2.05) is 30.3 Å². The van der Waals surface area contributed by atoms with Crippen LogP contribution in [0, 0.1) is 0 Å². The predicted octanol–water partition coefficient (Wildman–Crippen LogP) is 5.23. The van der Waals surface area contributed by atoms with Crippen LogP contribution in [-0.4, -0.2) is 59.3 Å². The van der Waals surface area contributed by atoms with Gasteiger partial charge in [-0.1, -0.05) is 49.0 Å². The van der Waals surface area contributed by atoms with Gasteiger partial charge in [-0.15, -0.1) is 11.3 Å². The number of carbonyl (C=O) groups is 1. The highest BCUT2D eigenvalue weighted by molar-refractivity contribution is 8.00. The molecule has 0 spiro atoms. The number of anilines is 2. The molecule has 1 saturated heterocycles. The van der Waals surface area contributed by atoms with Crippen LogP contribution in [0.15, 0.2) is 71.3 Å². The smallest absolute Gasteiger partial charge is 0.234 e. The summed E-state index contributed by atoms with van der Waals surface area (Å²) in [4.78, 5) is 27.4. The second-order valence-electron chi connectivity index (χ2n) is 8.18. The van der Waals surface area contributed by atoms with Crippen molar-refractivity contribution >= 4 is 50.6 Å². The van der Waals surface area contributed by atoms with E-state index in [-0.39, 0.29) is 11.7 Å². The Hall–Kier alpha value is -2.94. The number of benzene rings is 2. The average molecular weight is 490 g/mol. The zero-order chi connectivity index (χ0) is 23.3. The van der Waals surface area contributed by atoms with Crippen LogP contribution < -0.4 is 10.2 Å². The Bertz CT molecular complexity index is 1250. The summed E-state index contributed by atoms with van der Waals surface area (Å²) in [5.74, 6) is 0.245. The summed E-state index contributed by atoms with van der Waals surface area (Å²) < 4.78 is 0. The SMILES string of the molecule is CCN1CCN(c2ccc(NC(=O)CSc3ncnc4scc(-c5ccccc5)c34)cc2)CC1. The summed E-state index contributed by atoms with van der Waals surface area (Å²) in [6.07, 6.45) is 1.58. The number of thiophene rings is 1. The lowest BCUT2D eigenvalue weighted by Crippen LogP contribution is -2.46. The number of aromatic nitrogens is 2. The van der Waals surface area contributed by atoms with Crippen LogP contribution in [0.25, 0.3) is 21.3 Å². The molecule has 0 unspecified atom stereocenters. The molecule has 174 valence electrons. The van der Waals surface area contributed by atoms with E-state index in [0.29, 0.717) is 0 Å². The van der Waals surface area contributed by atoms with Crippen LogP contribution in [-0.2, 0) is 4.79 Å². The molecule has 1 N–H and O–H groups in total. The zero-order valence-corrected chi connectivity index (χ0v) is 20.7. The lowest BCUT2D eigenvalue weighted by molar-refractivity contribution is -0.113. The molecule has 2 aromatic heterocycles. The number of carbonyl (C=O) groups excluding carboxylic acids is 1. The van der Waals surface area contributed by atoms with Gasteiger partial charge >= 0.3 is 0 Å².